The maximum Gasteiger partial charge on any atom is 0.255 e. The largest absolute Gasteiger partial charge is 0.322 e. The van der Waals surface area contributed by atoms with E-state index in [-0.39, 0.29) is 21.7 Å². The van der Waals surface area contributed by atoms with Crippen LogP contribution in [0.25, 0.3) is 0 Å². The molecule has 2 aromatic carbocycles. The van der Waals surface area contributed by atoms with Gasteiger partial charge in [0.2, 0.25) is 11.8 Å². The van der Waals surface area contributed by atoms with Gasteiger partial charge in [-0.15, -0.1) is 23.2 Å². The summed E-state index contributed by atoms with van der Waals surface area (Å²) in [6.45, 7) is 3.94. The fourth-order valence-corrected chi connectivity index (χ4v) is 7.96. The maximum absolute atomic E-state index is 13.4. The molecule has 0 unspecified atom stereocenters. The molecule has 1 saturated carbocycles. The number of rotatable bonds is 3. The normalized spacial score (nSPS) is 30.8. The van der Waals surface area contributed by atoms with Crippen LogP contribution in [0.5, 0.6) is 0 Å². The Morgan fingerprint density at radius 3 is 1.83 bits per heavy atom. The van der Waals surface area contributed by atoms with Gasteiger partial charge in [-0.25, -0.2) is 4.90 Å². The van der Waals surface area contributed by atoms with Crippen LogP contribution in [0, 0.1) is 25.7 Å². The average molecular weight is 593 g/mol. The smallest absolute Gasteiger partial charge is 0.255 e. The first kappa shape index (κ1) is 25.2. The molecule has 2 fully saturated rings. The Balaban J connectivity index is 1.43. The Labute approximate surface area is 231 Å². The fourth-order valence-electron chi connectivity index (χ4n) is 5.03. The van der Waals surface area contributed by atoms with Gasteiger partial charge in [0, 0.05) is 11.3 Å². The molecule has 5 rings (SSSR count). The minimum atomic E-state index is -1.99. The van der Waals surface area contributed by atoms with Crippen molar-refractivity contribution in [2.45, 2.75) is 27.9 Å². The molecule has 1 heterocycles. The first-order valence-corrected chi connectivity index (χ1v) is 12.7. The molecule has 4 atom stereocenters. The van der Waals surface area contributed by atoms with Gasteiger partial charge in [-0.2, -0.15) is 0 Å². The predicted molar refractivity (Wildman–Crippen MR) is 140 cm³/mol. The molecule has 2 aliphatic carbocycles. The van der Waals surface area contributed by atoms with Crippen LogP contribution >= 0.6 is 69.6 Å². The van der Waals surface area contributed by atoms with Crippen LogP contribution in [0.4, 0.5) is 11.4 Å². The summed E-state index contributed by atoms with van der Waals surface area (Å²) in [4.78, 5) is 36.8. The Kier molecular flexibility index (Phi) is 5.77. The number of fused-ring (bicyclic) bond motifs is 5. The molecule has 182 valence electrons. The first-order chi connectivity index (χ1) is 16.3. The van der Waals surface area contributed by atoms with E-state index in [9.17, 15) is 14.4 Å². The van der Waals surface area contributed by atoms with Crippen LogP contribution in [-0.2, 0) is 9.59 Å². The molecule has 1 saturated heterocycles. The number of carbonyl (C=O) groups excluding carboxylic acids is 3. The van der Waals surface area contributed by atoms with E-state index < -0.39 is 37.7 Å². The lowest BCUT2D eigenvalue weighted by molar-refractivity contribution is -0.123. The Morgan fingerprint density at radius 1 is 0.829 bits per heavy atom. The molecule has 1 N–H and O–H groups in total. The summed E-state index contributed by atoms with van der Waals surface area (Å²) in [5.41, 5.74) is 3.38. The molecule has 3 aliphatic rings. The minimum absolute atomic E-state index is 0.150. The molecule has 11 heteroatoms. The summed E-state index contributed by atoms with van der Waals surface area (Å²) in [7, 11) is 0. The second-order valence-corrected chi connectivity index (χ2v) is 12.2. The summed E-state index contributed by atoms with van der Waals surface area (Å²) >= 11 is 39.1. The van der Waals surface area contributed by atoms with Crippen LogP contribution in [0.15, 0.2) is 52.5 Å². The zero-order valence-corrected chi connectivity index (χ0v) is 22.7. The van der Waals surface area contributed by atoms with Crippen LogP contribution in [0.3, 0.4) is 0 Å². The van der Waals surface area contributed by atoms with E-state index in [1.807, 2.05) is 32.0 Å². The molecule has 1 aliphatic heterocycles. The van der Waals surface area contributed by atoms with Crippen LogP contribution in [0.1, 0.15) is 21.5 Å². The third kappa shape index (κ3) is 3.06. The zero-order chi connectivity index (χ0) is 25.7. The topological polar surface area (TPSA) is 66.5 Å². The van der Waals surface area contributed by atoms with Crippen molar-refractivity contribution in [3.8, 4) is 0 Å². The fraction of sp³-hybridized carbons (Fsp3) is 0.292. The first-order valence-electron chi connectivity index (χ1n) is 10.5. The van der Waals surface area contributed by atoms with Gasteiger partial charge in [-0.3, -0.25) is 14.4 Å². The number of alkyl halides is 4. The van der Waals surface area contributed by atoms with Crippen molar-refractivity contribution in [1.29, 1.82) is 0 Å². The van der Waals surface area contributed by atoms with Crippen molar-refractivity contribution < 1.29 is 14.4 Å². The molecule has 0 aromatic heterocycles. The second-order valence-electron chi connectivity index (χ2n) is 8.89. The van der Waals surface area contributed by atoms with Crippen molar-refractivity contribution in [3.05, 3.63) is 69.2 Å². The van der Waals surface area contributed by atoms with Crippen LogP contribution < -0.4 is 10.2 Å². The van der Waals surface area contributed by atoms with E-state index in [0.717, 1.165) is 16.0 Å². The molecule has 35 heavy (non-hydrogen) atoms. The number of benzene rings is 2. The van der Waals surface area contributed by atoms with Crippen LogP contribution in [-0.4, -0.2) is 31.8 Å². The van der Waals surface area contributed by atoms with Gasteiger partial charge >= 0.3 is 0 Å². The minimum Gasteiger partial charge on any atom is -0.322 e. The number of hydrogen-bond acceptors (Lipinski definition) is 3. The third-order valence-electron chi connectivity index (χ3n) is 7.06. The van der Waals surface area contributed by atoms with Gasteiger partial charge in [0.05, 0.1) is 27.6 Å². The zero-order valence-electron chi connectivity index (χ0n) is 18.1. The number of amides is 3. The molecule has 2 aromatic rings. The van der Waals surface area contributed by atoms with E-state index in [1.165, 1.54) is 24.3 Å². The summed E-state index contributed by atoms with van der Waals surface area (Å²) < 4.78 is -1.99. The van der Waals surface area contributed by atoms with E-state index in [4.69, 9.17) is 69.6 Å². The molecule has 0 spiro atoms. The number of imide groups is 1. The van der Waals surface area contributed by atoms with E-state index >= 15 is 0 Å². The van der Waals surface area contributed by atoms with Gasteiger partial charge in [-0.1, -0.05) is 52.5 Å². The highest BCUT2D eigenvalue weighted by atomic mass is 35.5. The van der Waals surface area contributed by atoms with Gasteiger partial charge in [-0.05, 0) is 61.4 Å². The monoisotopic (exact) mass is 590 g/mol. The van der Waals surface area contributed by atoms with Gasteiger partial charge in [0.1, 0.15) is 9.75 Å². The van der Waals surface area contributed by atoms with Crippen molar-refractivity contribution in [2.75, 3.05) is 10.2 Å². The predicted octanol–water partition coefficient (Wildman–Crippen LogP) is 6.51. The quantitative estimate of drug-likeness (QED) is 0.326. The van der Waals surface area contributed by atoms with Gasteiger partial charge in [0.15, 0.2) is 4.33 Å². The maximum atomic E-state index is 13.4. The number of aryl methyl sites for hydroxylation is 2. The number of anilines is 2. The lowest BCUT2D eigenvalue weighted by atomic mass is 9.84. The average Bonchev–Trinajstić information content (AvgIpc) is 3.20. The van der Waals surface area contributed by atoms with Crippen LogP contribution in [0.2, 0.25) is 0 Å². The van der Waals surface area contributed by atoms with Crippen molar-refractivity contribution in [1.82, 2.24) is 0 Å². The highest BCUT2D eigenvalue weighted by Crippen LogP contribution is 2.77. The molecule has 5 nitrogen and oxygen atoms in total. The number of nitrogens with zero attached hydrogens (tertiary/aromatic N) is 1. The lowest BCUT2D eigenvalue weighted by Crippen LogP contribution is -2.50. The number of carbonyl (C=O) groups is 3. The number of nitrogens with one attached hydrogen (secondary N) is 1. The SMILES string of the molecule is Cc1ccc(NC(=O)c2ccc(N3C(=O)[C@@H]4[C@@H](C3=O)[C@@]3(Cl)C(Cl)=C(Cl)[C@@]4(Cl)C3(Cl)Cl)cc2)cc1C. The molecule has 3 amide bonds. The Bertz CT molecular complexity index is 1310. The molecule has 0 radical (unpaired) electrons. The Morgan fingerprint density at radius 2 is 1.34 bits per heavy atom. The highest BCUT2D eigenvalue weighted by molar-refractivity contribution is 6.67. The standard InChI is InChI=1S/C24H16Cl6N2O3/c1-10-3-6-13(9-11(10)2)31-19(33)12-4-7-14(8-5-12)32-20(34)15-16(21(32)35)23(28)18(26)17(25)22(15,27)24(23,29)30/h3-9,15-16H,1-2H3,(H,31,33)/t15-,16-,22+,23+/m0/s1. The number of hydrogen-bond donors (Lipinski definition) is 1. The van der Waals surface area contributed by atoms with Crippen molar-refractivity contribution >= 4 is 98.7 Å². The Hall–Kier alpha value is -1.47. The van der Waals surface area contributed by atoms with Gasteiger partial charge in [0.25, 0.3) is 5.91 Å². The third-order valence-corrected chi connectivity index (χ3v) is 11.3. The highest BCUT2D eigenvalue weighted by Gasteiger charge is 2.87. The summed E-state index contributed by atoms with van der Waals surface area (Å²) in [5, 5.41) is 2.53. The molecular formula is C24H16Cl6N2O3. The second kappa shape index (κ2) is 8.01. The van der Waals surface area contributed by atoms with E-state index in [0.29, 0.717) is 11.3 Å². The number of allylic oxidation sites excluding steroid dienone is 2. The summed E-state index contributed by atoms with van der Waals surface area (Å²) in [6, 6.07) is 11.6. The van der Waals surface area contributed by atoms with E-state index in [1.54, 1.807) is 0 Å². The van der Waals surface area contributed by atoms with Crippen molar-refractivity contribution in [2.24, 2.45) is 11.8 Å². The number of halogens is 6. The van der Waals surface area contributed by atoms with E-state index in [2.05, 4.69) is 5.32 Å². The van der Waals surface area contributed by atoms with Crippen molar-refractivity contribution in [3.63, 3.8) is 0 Å². The van der Waals surface area contributed by atoms with Gasteiger partial charge < -0.3 is 5.32 Å². The molecule has 2 bridgehead atoms. The summed E-state index contributed by atoms with van der Waals surface area (Å²) in [6.07, 6.45) is 0. The lowest BCUT2D eigenvalue weighted by Gasteiger charge is -2.34. The summed E-state index contributed by atoms with van der Waals surface area (Å²) in [5.74, 6) is -4.08. The molecular weight excluding hydrogens is 577 g/mol.